The van der Waals surface area contributed by atoms with Crippen molar-refractivity contribution in [3.05, 3.63) is 64.6 Å². The van der Waals surface area contributed by atoms with Crippen LogP contribution in [0.5, 0.6) is 5.75 Å². The molecule has 0 aromatic heterocycles. The number of methoxy groups -OCH3 is 1. The van der Waals surface area contributed by atoms with Gasteiger partial charge in [0.15, 0.2) is 0 Å². The fraction of sp³-hybridized carbons (Fsp3) is 0.111. The van der Waals surface area contributed by atoms with Gasteiger partial charge in [0.2, 0.25) is 0 Å². The van der Waals surface area contributed by atoms with Gasteiger partial charge < -0.3 is 4.74 Å². The van der Waals surface area contributed by atoms with Crippen LogP contribution in [-0.4, -0.2) is 7.11 Å². The third kappa shape index (κ3) is 3.06. The molecule has 0 aliphatic heterocycles. The highest BCUT2D eigenvalue weighted by Gasteiger charge is 2.36. The Morgan fingerprint density at radius 1 is 0.826 bits per heavy atom. The van der Waals surface area contributed by atoms with Crippen LogP contribution in [-0.2, 0) is 6.18 Å². The second-order valence-corrected chi connectivity index (χ2v) is 5.99. The Morgan fingerprint density at radius 2 is 1.43 bits per heavy atom. The summed E-state index contributed by atoms with van der Waals surface area (Å²) in [6, 6.07) is 14.8. The first kappa shape index (κ1) is 15.9. The topological polar surface area (TPSA) is 9.23 Å². The van der Waals surface area contributed by atoms with E-state index in [-0.39, 0.29) is 5.56 Å². The SMILES string of the molecule is COc1ccc(-c2cc(C(F)(F)F)c3ccc(Br)ccc2-3)cc1. The average Bonchev–Trinajstić information content (AvgIpc) is 2.79. The standard InChI is InChI=1S/C18H12BrF3O/c1-23-13-6-2-11(3-7-13)16-10-17(18(20,21)22)15-9-5-12(19)4-8-14(15)16/h2-10H,1H3. The molecule has 0 N–H and O–H groups in total. The highest BCUT2D eigenvalue weighted by Crippen LogP contribution is 2.45. The zero-order valence-corrected chi connectivity index (χ0v) is 13.7. The molecule has 1 aromatic rings. The van der Waals surface area contributed by atoms with Gasteiger partial charge in [-0.15, -0.1) is 0 Å². The molecule has 0 radical (unpaired) electrons. The smallest absolute Gasteiger partial charge is 0.417 e. The lowest BCUT2D eigenvalue weighted by atomic mass is 10.0. The zero-order chi connectivity index (χ0) is 16.6. The fourth-order valence-electron chi connectivity index (χ4n) is 2.57. The van der Waals surface area contributed by atoms with Crippen LogP contribution in [0, 0.1) is 0 Å². The molecule has 0 unspecified atom stereocenters. The van der Waals surface area contributed by atoms with E-state index in [9.17, 15) is 13.2 Å². The summed E-state index contributed by atoms with van der Waals surface area (Å²) in [7, 11) is 1.55. The van der Waals surface area contributed by atoms with Crippen LogP contribution in [0.2, 0.25) is 0 Å². The Labute approximate surface area is 140 Å². The van der Waals surface area contributed by atoms with E-state index in [0.29, 0.717) is 22.4 Å². The third-order valence-corrected chi connectivity index (χ3v) is 4.21. The van der Waals surface area contributed by atoms with Gasteiger partial charge in [0.25, 0.3) is 0 Å². The second-order valence-electron chi connectivity index (χ2n) is 5.08. The molecule has 118 valence electrons. The predicted molar refractivity (Wildman–Crippen MR) is 87.8 cm³/mol. The monoisotopic (exact) mass is 380 g/mol. The summed E-state index contributed by atoms with van der Waals surface area (Å²) in [5, 5.41) is 0. The van der Waals surface area contributed by atoms with Gasteiger partial charge in [0, 0.05) is 4.47 Å². The predicted octanol–water partition coefficient (Wildman–Crippen LogP) is 6.25. The number of hydrogen-bond acceptors (Lipinski definition) is 1. The van der Waals surface area contributed by atoms with E-state index >= 15 is 0 Å². The normalized spacial score (nSPS) is 11.7. The highest BCUT2D eigenvalue weighted by atomic mass is 79.9. The van der Waals surface area contributed by atoms with Crippen LogP contribution >= 0.6 is 15.9 Å². The number of halogens is 4. The lowest BCUT2D eigenvalue weighted by molar-refractivity contribution is -0.136. The van der Waals surface area contributed by atoms with Crippen LogP contribution in [0.1, 0.15) is 5.56 Å². The molecule has 0 bridgehead atoms. The maximum atomic E-state index is 13.4. The second kappa shape index (κ2) is 5.89. The quantitative estimate of drug-likeness (QED) is 0.510. The van der Waals surface area contributed by atoms with Crippen LogP contribution in [0.3, 0.4) is 0 Å². The van der Waals surface area contributed by atoms with Crippen molar-refractivity contribution in [3.8, 4) is 28.0 Å². The van der Waals surface area contributed by atoms with E-state index in [4.69, 9.17) is 4.74 Å². The Kier molecular flexibility index (Phi) is 4.06. The van der Waals surface area contributed by atoms with E-state index in [2.05, 4.69) is 15.9 Å². The molecule has 0 amide bonds. The molecule has 0 heterocycles. The first-order chi connectivity index (χ1) is 10.9. The van der Waals surface area contributed by atoms with E-state index < -0.39 is 11.7 Å². The molecule has 2 aliphatic rings. The molecule has 0 saturated carbocycles. The molecule has 1 aromatic carbocycles. The molecule has 3 rings (SSSR count). The molecule has 0 spiro atoms. The van der Waals surface area contributed by atoms with E-state index in [1.165, 1.54) is 12.1 Å². The number of hydrogen-bond donors (Lipinski definition) is 0. The number of rotatable bonds is 2. The minimum Gasteiger partial charge on any atom is -0.497 e. The van der Waals surface area contributed by atoms with Crippen LogP contribution in [0.15, 0.2) is 59.1 Å². The Morgan fingerprint density at radius 3 is 2.00 bits per heavy atom. The van der Waals surface area contributed by atoms with Crippen molar-refractivity contribution < 1.29 is 17.9 Å². The first-order valence-electron chi connectivity index (χ1n) is 6.84. The van der Waals surface area contributed by atoms with Crippen molar-refractivity contribution in [1.29, 1.82) is 0 Å². The van der Waals surface area contributed by atoms with E-state index in [0.717, 1.165) is 4.47 Å². The first-order valence-corrected chi connectivity index (χ1v) is 7.63. The number of alkyl halides is 3. The minimum atomic E-state index is -4.40. The van der Waals surface area contributed by atoms with Crippen LogP contribution in [0.25, 0.3) is 22.3 Å². The zero-order valence-electron chi connectivity index (χ0n) is 12.1. The number of ether oxygens (including phenoxy) is 1. The lowest BCUT2D eigenvalue weighted by Crippen LogP contribution is -2.03. The van der Waals surface area contributed by atoms with Gasteiger partial charge in [-0.3, -0.25) is 0 Å². The van der Waals surface area contributed by atoms with Crippen LogP contribution in [0.4, 0.5) is 13.2 Å². The van der Waals surface area contributed by atoms with Gasteiger partial charge in [-0.1, -0.05) is 40.2 Å². The maximum absolute atomic E-state index is 13.4. The van der Waals surface area contributed by atoms with Crippen molar-refractivity contribution in [1.82, 2.24) is 0 Å². The molecule has 0 saturated heterocycles. The van der Waals surface area contributed by atoms with Crippen molar-refractivity contribution in [2.75, 3.05) is 7.11 Å². The van der Waals surface area contributed by atoms with Gasteiger partial charge in [-0.2, -0.15) is 13.2 Å². The Balaban J connectivity index is 2.24. The summed E-state index contributed by atoms with van der Waals surface area (Å²) in [4.78, 5) is 0. The highest BCUT2D eigenvalue weighted by molar-refractivity contribution is 9.10. The molecule has 0 atom stereocenters. The van der Waals surface area contributed by atoms with Crippen molar-refractivity contribution >= 4 is 15.9 Å². The largest absolute Gasteiger partial charge is 0.497 e. The van der Waals surface area contributed by atoms with Gasteiger partial charge in [-0.25, -0.2) is 0 Å². The molecule has 5 heteroatoms. The van der Waals surface area contributed by atoms with Gasteiger partial charge >= 0.3 is 6.18 Å². The average molecular weight is 381 g/mol. The number of benzene rings is 1. The third-order valence-electron chi connectivity index (χ3n) is 3.68. The van der Waals surface area contributed by atoms with E-state index in [1.807, 2.05) is 0 Å². The Bertz CT molecular complexity index is 810. The Hall–Kier alpha value is -2.01. The molecule has 23 heavy (non-hydrogen) atoms. The summed E-state index contributed by atoms with van der Waals surface area (Å²) < 4.78 is 45.9. The van der Waals surface area contributed by atoms with Gasteiger partial charge in [0.05, 0.1) is 12.7 Å². The summed E-state index contributed by atoms with van der Waals surface area (Å²) in [6.07, 6.45) is -4.40. The van der Waals surface area contributed by atoms with Gasteiger partial charge in [0.1, 0.15) is 5.75 Å². The molecular weight excluding hydrogens is 369 g/mol. The van der Waals surface area contributed by atoms with Crippen LogP contribution < -0.4 is 4.74 Å². The summed E-state index contributed by atoms with van der Waals surface area (Å²) in [5.41, 5.74) is 1.40. The van der Waals surface area contributed by atoms with E-state index in [1.54, 1.807) is 49.6 Å². The summed E-state index contributed by atoms with van der Waals surface area (Å²) >= 11 is 3.30. The molecular formula is C18H12BrF3O. The fourth-order valence-corrected chi connectivity index (χ4v) is 2.84. The summed E-state index contributed by atoms with van der Waals surface area (Å²) in [6.45, 7) is 0. The molecule has 0 fully saturated rings. The van der Waals surface area contributed by atoms with Gasteiger partial charge in [-0.05, 0) is 52.6 Å². The summed E-state index contributed by atoms with van der Waals surface area (Å²) in [5.74, 6) is 0.661. The van der Waals surface area contributed by atoms with Crippen molar-refractivity contribution in [3.63, 3.8) is 0 Å². The maximum Gasteiger partial charge on any atom is 0.417 e. The number of fused-ring (bicyclic) bond motifs is 1. The lowest BCUT2D eigenvalue weighted by Gasteiger charge is -2.06. The molecule has 2 aliphatic carbocycles. The molecule has 1 nitrogen and oxygen atoms in total. The van der Waals surface area contributed by atoms with Crippen molar-refractivity contribution in [2.45, 2.75) is 6.18 Å². The van der Waals surface area contributed by atoms with Crippen molar-refractivity contribution in [2.24, 2.45) is 0 Å². The minimum absolute atomic E-state index is 0.189.